The Balaban J connectivity index is 1.73. The molecule has 0 spiro atoms. The molecular weight excluding hydrogens is 230 g/mol. The molecule has 1 aromatic rings. The van der Waals surface area contributed by atoms with Gasteiger partial charge < -0.3 is 0 Å². The van der Waals surface area contributed by atoms with E-state index in [-0.39, 0.29) is 0 Å². The maximum Gasteiger partial charge on any atom is 0.159 e. The first-order valence-corrected chi connectivity index (χ1v) is 7.10. The van der Waals surface area contributed by atoms with Crippen LogP contribution in [0.4, 0.5) is 8.78 Å². The number of halogens is 2. The molecule has 0 aromatic heterocycles. The normalized spacial score (nSPS) is 28.4. The van der Waals surface area contributed by atoms with E-state index in [1.54, 1.807) is 0 Å². The van der Waals surface area contributed by atoms with Crippen LogP contribution in [-0.2, 0) is 12.8 Å². The molecule has 3 rings (SSSR count). The lowest BCUT2D eigenvalue weighted by atomic mass is 9.75. The monoisotopic (exact) mass is 250 g/mol. The van der Waals surface area contributed by atoms with Crippen LogP contribution in [0.25, 0.3) is 0 Å². The largest absolute Gasteiger partial charge is 0.204 e. The van der Waals surface area contributed by atoms with Crippen LogP contribution in [0.1, 0.15) is 43.7 Å². The summed E-state index contributed by atoms with van der Waals surface area (Å²) in [5, 5.41) is 0. The fourth-order valence-corrected chi connectivity index (χ4v) is 3.74. The van der Waals surface area contributed by atoms with Crippen LogP contribution in [0.2, 0.25) is 0 Å². The number of hydrogen-bond donors (Lipinski definition) is 0. The number of fused-ring (bicyclic) bond motifs is 1. The van der Waals surface area contributed by atoms with Gasteiger partial charge in [0, 0.05) is 0 Å². The van der Waals surface area contributed by atoms with Gasteiger partial charge in [0.2, 0.25) is 0 Å². The van der Waals surface area contributed by atoms with Gasteiger partial charge in [-0.15, -0.1) is 0 Å². The third kappa shape index (κ3) is 2.17. The molecule has 98 valence electrons. The summed E-state index contributed by atoms with van der Waals surface area (Å²) in [4.78, 5) is 0. The van der Waals surface area contributed by atoms with Gasteiger partial charge in [0.05, 0.1) is 0 Å². The van der Waals surface area contributed by atoms with E-state index >= 15 is 0 Å². The third-order valence-corrected chi connectivity index (χ3v) is 4.93. The van der Waals surface area contributed by atoms with Gasteiger partial charge in [0.25, 0.3) is 0 Å². The van der Waals surface area contributed by atoms with Crippen LogP contribution in [0.5, 0.6) is 0 Å². The summed E-state index contributed by atoms with van der Waals surface area (Å²) in [6.45, 7) is 2.32. The highest BCUT2D eigenvalue weighted by Gasteiger charge is 2.31. The first-order valence-electron chi connectivity index (χ1n) is 7.10. The van der Waals surface area contributed by atoms with Crippen molar-refractivity contribution < 1.29 is 8.78 Å². The highest BCUT2D eigenvalue weighted by molar-refractivity contribution is 5.33. The van der Waals surface area contributed by atoms with Gasteiger partial charge in [-0.05, 0) is 66.7 Å². The fourth-order valence-electron chi connectivity index (χ4n) is 3.74. The summed E-state index contributed by atoms with van der Waals surface area (Å²) >= 11 is 0. The lowest BCUT2D eigenvalue weighted by Crippen LogP contribution is -2.21. The molecule has 0 saturated heterocycles. The Morgan fingerprint density at radius 3 is 1.83 bits per heavy atom. The van der Waals surface area contributed by atoms with Gasteiger partial charge in [-0.1, -0.05) is 19.8 Å². The van der Waals surface area contributed by atoms with E-state index in [4.69, 9.17) is 0 Å². The molecule has 1 aromatic carbocycles. The molecular formula is C16H20F2. The van der Waals surface area contributed by atoms with Gasteiger partial charge in [0.15, 0.2) is 11.6 Å². The molecule has 18 heavy (non-hydrogen) atoms. The van der Waals surface area contributed by atoms with Gasteiger partial charge in [0.1, 0.15) is 0 Å². The van der Waals surface area contributed by atoms with Crippen molar-refractivity contribution in [3.8, 4) is 0 Å². The second-order valence-corrected chi connectivity index (χ2v) is 6.22. The summed E-state index contributed by atoms with van der Waals surface area (Å²) in [6.07, 6.45) is 7.13. The summed E-state index contributed by atoms with van der Waals surface area (Å²) < 4.78 is 26.4. The minimum Gasteiger partial charge on any atom is -0.204 e. The Morgan fingerprint density at radius 1 is 0.833 bits per heavy atom. The van der Waals surface area contributed by atoms with Gasteiger partial charge in [-0.25, -0.2) is 8.78 Å². The molecule has 0 bridgehead atoms. The van der Waals surface area contributed by atoms with Crippen LogP contribution >= 0.6 is 0 Å². The van der Waals surface area contributed by atoms with E-state index in [0.29, 0.717) is 5.92 Å². The highest BCUT2D eigenvalue weighted by atomic mass is 19.2. The van der Waals surface area contributed by atoms with E-state index in [0.717, 1.165) is 35.8 Å². The summed E-state index contributed by atoms with van der Waals surface area (Å²) in [5.41, 5.74) is 2.08. The van der Waals surface area contributed by atoms with Crippen LogP contribution < -0.4 is 0 Å². The van der Waals surface area contributed by atoms with Gasteiger partial charge in [-0.2, -0.15) is 0 Å². The van der Waals surface area contributed by atoms with Crippen molar-refractivity contribution in [1.29, 1.82) is 0 Å². The van der Waals surface area contributed by atoms with Crippen molar-refractivity contribution in [3.05, 3.63) is 34.9 Å². The van der Waals surface area contributed by atoms with Crippen molar-refractivity contribution in [2.45, 2.75) is 45.4 Å². The standard InChI is InChI=1S/C16H20F2/c1-10-2-4-11(5-3-10)12-6-13-8-15(17)16(18)9-14(13)7-12/h8-12H,2-7H2,1H3. The maximum absolute atomic E-state index is 13.2. The molecule has 2 aliphatic carbocycles. The van der Waals surface area contributed by atoms with Crippen molar-refractivity contribution in [3.63, 3.8) is 0 Å². The Labute approximate surface area is 107 Å². The Kier molecular flexibility index (Phi) is 3.13. The molecule has 0 atom stereocenters. The summed E-state index contributed by atoms with van der Waals surface area (Å²) in [7, 11) is 0. The molecule has 0 N–H and O–H groups in total. The van der Waals surface area contributed by atoms with E-state index in [1.807, 2.05) is 0 Å². The topological polar surface area (TPSA) is 0 Å². The molecule has 0 heterocycles. The Bertz CT molecular complexity index is 414. The first kappa shape index (κ1) is 12.1. The van der Waals surface area contributed by atoms with E-state index < -0.39 is 11.6 Å². The quantitative estimate of drug-likeness (QED) is 0.688. The smallest absolute Gasteiger partial charge is 0.159 e. The minimum atomic E-state index is -0.688. The van der Waals surface area contributed by atoms with Crippen molar-refractivity contribution >= 4 is 0 Å². The van der Waals surface area contributed by atoms with Crippen molar-refractivity contribution in [2.75, 3.05) is 0 Å². The average Bonchev–Trinajstić information content (AvgIpc) is 2.73. The molecule has 0 unspecified atom stereocenters. The second-order valence-electron chi connectivity index (χ2n) is 6.22. The average molecular weight is 250 g/mol. The lowest BCUT2D eigenvalue weighted by Gasteiger charge is -2.30. The zero-order chi connectivity index (χ0) is 12.7. The molecule has 0 aliphatic heterocycles. The zero-order valence-corrected chi connectivity index (χ0v) is 10.9. The maximum atomic E-state index is 13.2. The third-order valence-electron chi connectivity index (χ3n) is 4.93. The van der Waals surface area contributed by atoms with Gasteiger partial charge >= 0.3 is 0 Å². The molecule has 1 saturated carbocycles. The van der Waals surface area contributed by atoms with E-state index in [9.17, 15) is 8.78 Å². The number of rotatable bonds is 1. The van der Waals surface area contributed by atoms with Gasteiger partial charge in [-0.3, -0.25) is 0 Å². The van der Waals surface area contributed by atoms with Crippen LogP contribution in [0.3, 0.4) is 0 Å². The Morgan fingerprint density at radius 2 is 1.33 bits per heavy atom. The van der Waals surface area contributed by atoms with Crippen molar-refractivity contribution in [2.24, 2.45) is 17.8 Å². The summed E-state index contributed by atoms with van der Waals surface area (Å²) in [6, 6.07) is 2.83. The van der Waals surface area contributed by atoms with Crippen LogP contribution in [0.15, 0.2) is 12.1 Å². The zero-order valence-electron chi connectivity index (χ0n) is 10.9. The minimum absolute atomic E-state index is 0.619. The van der Waals surface area contributed by atoms with Crippen molar-refractivity contribution in [1.82, 2.24) is 0 Å². The molecule has 0 radical (unpaired) electrons. The lowest BCUT2D eigenvalue weighted by molar-refractivity contribution is 0.217. The Hall–Kier alpha value is -0.920. The number of benzene rings is 1. The highest BCUT2D eigenvalue weighted by Crippen LogP contribution is 2.40. The number of hydrogen-bond acceptors (Lipinski definition) is 0. The second kappa shape index (κ2) is 4.64. The predicted octanol–water partition coefficient (Wildman–Crippen LogP) is 4.51. The summed E-state index contributed by atoms with van der Waals surface area (Å²) in [5.74, 6) is 0.867. The molecule has 1 fully saturated rings. The van der Waals surface area contributed by atoms with E-state index in [1.165, 1.54) is 37.8 Å². The van der Waals surface area contributed by atoms with E-state index in [2.05, 4.69) is 6.92 Å². The van der Waals surface area contributed by atoms with Crippen LogP contribution in [-0.4, -0.2) is 0 Å². The SMILES string of the molecule is CC1CCC(C2Cc3cc(F)c(F)cc3C2)CC1. The molecule has 0 amide bonds. The molecule has 0 nitrogen and oxygen atoms in total. The molecule has 2 aliphatic rings. The molecule has 2 heteroatoms. The first-order chi connectivity index (χ1) is 8.63. The fraction of sp³-hybridized carbons (Fsp3) is 0.625. The predicted molar refractivity (Wildman–Crippen MR) is 68.4 cm³/mol. The van der Waals surface area contributed by atoms with Crippen LogP contribution in [0, 0.1) is 29.4 Å².